The van der Waals surface area contributed by atoms with E-state index in [0.29, 0.717) is 5.56 Å². The Kier molecular flexibility index (Phi) is 5.52. The first kappa shape index (κ1) is 16.5. The normalized spacial score (nSPS) is 14.4. The van der Waals surface area contributed by atoms with Crippen molar-refractivity contribution in [3.63, 3.8) is 0 Å². The van der Waals surface area contributed by atoms with Gasteiger partial charge in [0.05, 0.1) is 17.4 Å². The quantitative estimate of drug-likeness (QED) is 0.869. The van der Waals surface area contributed by atoms with Crippen molar-refractivity contribution in [1.82, 2.24) is 9.88 Å². The molecule has 0 fully saturated rings. The minimum Gasteiger partial charge on any atom is -0.393 e. The van der Waals surface area contributed by atoms with Gasteiger partial charge in [-0.2, -0.15) is 13.2 Å². The molecule has 0 radical (unpaired) electrons. The summed E-state index contributed by atoms with van der Waals surface area (Å²) in [4.78, 5) is 9.58. The summed E-state index contributed by atoms with van der Waals surface area (Å²) in [6, 6.07) is 3.14. The Balaban J connectivity index is 3.30. The van der Waals surface area contributed by atoms with Gasteiger partial charge in [0.15, 0.2) is 0 Å². The molecule has 0 aliphatic carbocycles. The van der Waals surface area contributed by atoms with Crippen LogP contribution < -0.4 is 5.73 Å². The van der Waals surface area contributed by atoms with Gasteiger partial charge in [-0.3, -0.25) is 14.9 Å². The number of pyridine rings is 1. The number of rotatable bonds is 4. The molecule has 0 spiro atoms. The highest BCUT2D eigenvalue weighted by Crippen LogP contribution is 2.27. The molecular formula is C12H14ClF3N4. The van der Waals surface area contributed by atoms with Crippen molar-refractivity contribution >= 4 is 17.3 Å². The number of nitrogens with zero attached hydrogens (tertiary/aromatic N) is 3. The minimum atomic E-state index is -4.71. The summed E-state index contributed by atoms with van der Waals surface area (Å²) in [5.74, 6) is 0. The summed E-state index contributed by atoms with van der Waals surface area (Å²) in [5.41, 5.74) is 4.00. The lowest BCUT2D eigenvalue weighted by atomic mass is 10.1. The fourth-order valence-electron chi connectivity index (χ4n) is 1.25. The molecule has 1 aromatic rings. The van der Waals surface area contributed by atoms with Crippen molar-refractivity contribution < 1.29 is 13.2 Å². The molecule has 1 aromatic heterocycles. The van der Waals surface area contributed by atoms with Crippen LogP contribution in [0.3, 0.4) is 0 Å². The topological polar surface area (TPSA) is 54.5 Å². The zero-order valence-corrected chi connectivity index (χ0v) is 11.7. The Morgan fingerprint density at radius 1 is 1.45 bits per heavy atom. The molecule has 0 saturated carbocycles. The van der Waals surface area contributed by atoms with Crippen LogP contribution in [0.25, 0.3) is 0 Å². The van der Waals surface area contributed by atoms with Crippen LogP contribution in [0, 0.1) is 0 Å². The maximum Gasteiger partial charge on any atom is 0.432 e. The number of allylic oxidation sites excluding steroid dienone is 2. The largest absolute Gasteiger partial charge is 0.432 e. The summed E-state index contributed by atoms with van der Waals surface area (Å²) in [5, 5.41) is -0.632. The predicted molar refractivity (Wildman–Crippen MR) is 72.4 cm³/mol. The summed E-state index contributed by atoms with van der Waals surface area (Å²) in [7, 11) is 3.46. The second kappa shape index (κ2) is 6.71. The zero-order chi connectivity index (χ0) is 15.3. The first-order valence-electron chi connectivity index (χ1n) is 5.56. The smallest absolute Gasteiger partial charge is 0.393 e. The van der Waals surface area contributed by atoms with Crippen molar-refractivity contribution in [3.05, 3.63) is 40.8 Å². The Morgan fingerprint density at radius 3 is 2.55 bits per heavy atom. The van der Waals surface area contributed by atoms with E-state index in [2.05, 4.69) is 9.98 Å². The molecule has 20 heavy (non-hydrogen) atoms. The van der Waals surface area contributed by atoms with E-state index in [9.17, 15) is 13.2 Å². The molecule has 4 nitrogen and oxygen atoms in total. The molecule has 1 heterocycles. The lowest BCUT2D eigenvalue weighted by Gasteiger charge is -2.13. The first-order valence-corrected chi connectivity index (χ1v) is 5.93. The van der Waals surface area contributed by atoms with Crippen LogP contribution >= 0.6 is 11.6 Å². The van der Waals surface area contributed by atoms with Gasteiger partial charge in [-0.25, -0.2) is 0 Å². The molecule has 0 aliphatic heterocycles. The highest BCUT2D eigenvalue weighted by molar-refractivity contribution is 6.46. The second-order valence-electron chi connectivity index (χ2n) is 4.19. The molecule has 0 bridgehead atoms. The molecule has 0 aliphatic rings. The molecule has 0 amide bonds. The van der Waals surface area contributed by atoms with Gasteiger partial charge in [-0.05, 0) is 26.2 Å². The average molecular weight is 307 g/mol. The van der Waals surface area contributed by atoms with E-state index in [1.165, 1.54) is 12.4 Å². The van der Waals surface area contributed by atoms with Crippen molar-refractivity contribution in [3.8, 4) is 0 Å². The summed E-state index contributed by atoms with van der Waals surface area (Å²) in [6.45, 7) is 0.172. The third-order valence-electron chi connectivity index (χ3n) is 2.20. The number of halogens is 4. The highest BCUT2D eigenvalue weighted by atomic mass is 35.5. The van der Waals surface area contributed by atoms with E-state index in [0.717, 1.165) is 0 Å². The molecule has 0 atom stereocenters. The lowest BCUT2D eigenvalue weighted by Crippen LogP contribution is -2.24. The van der Waals surface area contributed by atoms with Gasteiger partial charge >= 0.3 is 6.18 Å². The van der Waals surface area contributed by atoms with Gasteiger partial charge in [0.1, 0.15) is 5.70 Å². The number of hydrogen-bond donors (Lipinski definition) is 1. The van der Waals surface area contributed by atoms with Crippen molar-refractivity contribution in [2.24, 2.45) is 10.7 Å². The van der Waals surface area contributed by atoms with Gasteiger partial charge in [0, 0.05) is 18.0 Å². The highest BCUT2D eigenvalue weighted by Gasteiger charge is 2.35. The van der Waals surface area contributed by atoms with Crippen LogP contribution in [-0.2, 0) is 0 Å². The van der Waals surface area contributed by atoms with Crippen molar-refractivity contribution in [1.29, 1.82) is 0 Å². The summed E-state index contributed by atoms with van der Waals surface area (Å²) < 4.78 is 37.9. The lowest BCUT2D eigenvalue weighted by molar-refractivity contribution is -0.0927. The average Bonchev–Trinajstić information content (AvgIpc) is 2.37. The molecule has 0 saturated heterocycles. The zero-order valence-electron chi connectivity index (χ0n) is 10.9. The van der Waals surface area contributed by atoms with E-state index in [1.807, 2.05) is 0 Å². The Labute approximate surface area is 119 Å². The van der Waals surface area contributed by atoms with Gasteiger partial charge in [0.2, 0.25) is 0 Å². The molecule has 110 valence electrons. The SMILES string of the molecule is CN(C)CN=C(C(Cl)=C(N)C(F)(F)F)c1cccnc1. The van der Waals surface area contributed by atoms with E-state index >= 15 is 0 Å². The van der Waals surface area contributed by atoms with Crippen LogP contribution in [-0.4, -0.2) is 42.5 Å². The van der Waals surface area contributed by atoms with Gasteiger partial charge in [-0.15, -0.1) is 0 Å². The van der Waals surface area contributed by atoms with Gasteiger partial charge in [0.25, 0.3) is 0 Å². The Hall–Kier alpha value is -1.60. The Morgan fingerprint density at radius 2 is 2.10 bits per heavy atom. The van der Waals surface area contributed by atoms with Crippen LogP contribution in [0.1, 0.15) is 5.56 Å². The third kappa shape index (κ3) is 4.50. The number of aromatic nitrogens is 1. The number of alkyl halides is 3. The van der Waals surface area contributed by atoms with E-state index in [-0.39, 0.29) is 12.4 Å². The van der Waals surface area contributed by atoms with E-state index in [4.69, 9.17) is 17.3 Å². The fraction of sp³-hybridized carbons (Fsp3) is 0.333. The monoisotopic (exact) mass is 306 g/mol. The standard InChI is InChI=1S/C12H14ClF3N4/c1-20(2)7-19-10(8-4-3-5-18-6-8)9(13)11(17)12(14,15)16/h3-6H,7,17H2,1-2H3. The summed E-state index contributed by atoms with van der Waals surface area (Å²) in [6.07, 6.45) is -1.84. The molecule has 0 aromatic carbocycles. The predicted octanol–water partition coefficient (Wildman–Crippen LogP) is 2.36. The molecule has 1 rings (SSSR count). The van der Waals surface area contributed by atoms with Gasteiger partial charge < -0.3 is 5.73 Å². The maximum atomic E-state index is 12.6. The van der Waals surface area contributed by atoms with E-state index < -0.39 is 16.9 Å². The minimum absolute atomic E-state index is 0.0386. The van der Waals surface area contributed by atoms with Crippen molar-refractivity contribution in [2.45, 2.75) is 6.18 Å². The van der Waals surface area contributed by atoms with E-state index in [1.54, 1.807) is 31.1 Å². The van der Waals surface area contributed by atoms with Gasteiger partial charge in [-0.1, -0.05) is 11.6 Å². The number of hydrogen-bond acceptors (Lipinski definition) is 4. The van der Waals surface area contributed by atoms with Crippen LogP contribution in [0.5, 0.6) is 0 Å². The molecule has 8 heteroatoms. The molecule has 0 unspecified atom stereocenters. The summed E-state index contributed by atoms with van der Waals surface area (Å²) >= 11 is 5.76. The molecule has 2 N–H and O–H groups in total. The third-order valence-corrected chi connectivity index (χ3v) is 2.58. The molecular weight excluding hydrogens is 293 g/mol. The number of nitrogens with two attached hydrogens (primary N) is 1. The maximum absolute atomic E-state index is 12.6. The fourth-order valence-corrected chi connectivity index (χ4v) is 1.53. The second-order valence-corrected chi connectivity index (χ2v) is 4.57. The van der Waals surface area contributed by atoms with Crippen LogP contribution in [0.2, 0.25) is 0 Å². The van der Waals surface area contributed by atoms with Crippen LogP contribution in [0.4, 0.5) is 13.2 Å². The first-order chi connectivity index (χ1) is 9.23. The number of aliphatic imine (C=N–C) groups is 1. The van der Waals surface area contributed by atoms with Crippen LogP contribution in [0.15, 0.2) is 40.2 Å². The Bertz CT molecular complexity index is 509. The van der Waals surface area contributed by atoms with Crippen molar-refractivity contribution in [2.75, 3.05) is 20.8 Å².